The van der Waals surface area contributed by atoms with Crippen LogP contribution in [0.1, 0.15) is 37.7 Å². The third kappa shape index (κ3) is 2.97. The molecule has 1 aliphatic rings. The molecule has 1 aromatic rings. The highest BCUT2D eigenvalue weighted by molar-refractivity contribution is 5.99. The molecule has 1 N–H and O–H groups in total. The van der Waals surface area contributed by atoms with E-state index in [0.717, 1.165) is 0 Å². The second-order valence-corrected chi connectivity index (χ2v) is 5.46. The Hall–Kier alpha value is -1.76. The number of hydrogen-bond acceptors (Lipinski definition) is 5. The molecule has 0 spiro atoms. The topological polar surface area (TPSA) is 70.8 Å². The molecule has 0 aromatic carbocycles. The lowest BCUT2D eigenvalue weighted by molar-refractivity contribution is 0.0719. The molecule has 2 heterocycles. The monoisotopic (exact) mass is 296 g/mol. The van der Waals surface area contributed by atoms with E-state index < -0.39 is 0 Å². The Morgan fingerprint density at radius 3 is 2.71 bits per heavy atom. The summed E-state index contributed by atoms with van der Waals surface area (Å²) in [6.45, 7) is 7.56. The molecule has 0 aliphatic carbocycles. The van der Waals surface area contributed by atoms with Crippen LogP contribution in [0.15, 0.2) is 0 Å². The molecule has 118 valence electrons. The molecule has 1 aliphatic heterocycles. The fraction of sp³-hybridized carbons (Fsp3) is 0.714. The van der Waals surface area contributed by atoms with E-state index in [9.17, 15) is 4.79 Å². The second-order valence-electron chi connectivity index (χ2n) is 5.46. The van der Waals surface area contributed by atoms with Gasteiger partial charge in [-0.1, -0.05) is 0 Å². The number of nitrogens with zero attached hydrogens (tertiary/aromatic N) is 4. The highest BCUT2D eigenvalue weighted by Crippen LogP contribution is 2.30. The van der Waals surface area contributed by atoms with Crippen LogP contribution >= 0.6 is 0 Å². The smallest absolute Gasteiger partial charge is 0.299 e. The number of amides is 1. The number of hydrogen-bond donors (Lipinski definition) is 1. The van der Waals surface area contributed by atoms with Gasteiger partial charge in [-0.2, -0.15) is 4.98 Å². The number of rotatable bonds is 6. The zero-order valence-corrected chi connectivity index (χ0v) is 13.2. The maximum absolute atomic E-state index is 12.6. The number of carbonyl (C=O) groups is 1. The molecule has 1 aromatic heterocycles. The number of fused-ring (bicyclic) bond motifs is 1. The summed E-state index contributed by atoms with van der Waals surface area (Å²) in [5.74, 6) is 0.613. The zero-order chi connectivity index (χ0) is 15.6. The van der Waals surface area contributed by atoms with Crippen molar-refractivity contribution in [1.82, 2.24) is 14.5 Å². The predicted octanol–water partition coefficient (Wildman–Crippen LogP) is 0.922. The van der Waals surface area contributed by atoms with Crippen molar-refractivity contribution < 1.29 is 14.6 Å². The van der Waals surface area contributed by atoms with E-state index in [1.54, 1.807) is 4.90 Å². The first kappa shape index (κ1) is 15.6. The van der Waals surface area contributed by atoms with Crippen molar-refractivity contribution in [1.29, 1.82) is 0 Å². The molecule has 0 bridgehead atoms. The summed E-state index contributed by atoms with van der Waals surface area (Å²) in [5.41, 5.74) is 0.569. The van der Waals surface area contributed by atoms with Gasteiger partial charge in [-0.15, -0.1) is 0 Å². The van der Waals surface area contributed by atoms with E-state index in [4.69, 9.17) is 9.84 Å². The maximum atomic E-state index is 12.6. The second kappa shape index (κ2) is 6.34. The highest BCUT2D eigenvalue weighted by Gasteiger charge is 2.34. The highest BCUT2D eigenvalue weighted by atomic mass is 16.5. The lowest BCUT2D eigenvalue weighted by Gasteiger charge is -2.33. The number of carbonyl (C=O) groups excluding carboxylic acids is 1. The largest absolute Gasteiger partial charge is 0.462 e. The summed E-state index contributed by atoms with van der Waals surface area (Å²) < 4.78 is 7.54. The number of imidazole rings is 1. The first-order valence-electron chi connectivity index (χ1n) is 7.38. The van der Waals surface area contributed by atoms with Crippen molar-refractivity contribution in [2.75, 3.05) is 31.8 Å². The average molecular weight is 296 g/mol. The van der Waals surface area contributed by atoms with E-state index in [1.807, 2.05) is 37.3 Å². The Labute approximate surface area is 125 Å². The molecule has 0 atom stereocenters. The van der Waals surface area contributed by atoms with Crippen LogP contribution in [-0.2, 0) is 6.54 Å². The quantitative estimate of drug-likeness (QED) is 0.845. The Morgan fingerprint density at radius 1 is 1.43 bits per heavy atom. The standard InChI is InChI=1S/C14H24N4O3/c1-5-18-11-12(15-14(18)21-10(2)3)16(4)9-17(13(11)20)7-6-8-19/h10,19H,5-9H2,1-4H3. The minimum absolute atomic E-state index is 0.00468. The summed E-state index contributed by atoms with van der Waals surface area (Å²) in [6.07, 6.45) is 0.579. The Bertz CT molecular complexity index is 513. The first-order chi connectivity index (χ1) is 9.99. The lowest BCUT2D eigenvalue weighted by atomic mass is 10.2. The Kier molecular flexibility index (Phi) is 4.72. The number of ether oxygens (including phenoxy) is 1. The normalized spacial score (nSPS) is 14.9. The molecular formula is C14H24N4O3. The number of aliphatic hydroxyl groups excluding tert-OH is 1. The van der Waals surface area contributed by atoms with Gasteiger partial charge in [0, 0.05) is 26.7 Å². The molecule has 7 heteroatoms. The molecule has 2 rings (SSSR count). The van der Waals surface area contributed by atoms with Crippen molar-refractivity contribution in [2.24, 2.45) is 0 Å². The summed E-state index contributed by atoms with van der Waals surface area (Å²) in [4.78, 5) is 20.8. The van der Waals surface area contributed by atoms with Crippen molar-refractivity contribution in [3.8, 4) is 6.01 Å². The van der Waals surface area contributed by atoms with Gasteiger partial charge in [0.2, 0.25) is 0 Å². The minimum Gasteiger partial charge on any atom is -0.462 e. The molecule has 0 radical (unpaired) electrons. The van der Waals surface area contributed by atoms with Crippen LogP contribution in [0.2, 0.25) is 0 Å². The average Bonchev–Trinajstić information content (AvgIpc) is 2.79. The van der Waals surface area contributed by atoms with Crippen LogP contribution in [-0.4, -0.2) is 58.4 Å². The fourth-order valence-electron chi connectivity index (χ4n) is 2.46. The van der Waals surface area contributed by atoms with Crippen molar-refractivity contribution in [3.05, 3.63) is 5.69 Å². The summed E-state index contributed by atoms with van der Waals surface area (Å²) in [7, 11) is 1.91. The molecule has 7 nitrogen and oxygen atoms in total. The van der Waals surface area contributed by atoms with E-state index in [0.29, 0.717) is 43.7 Å². The predicted molar refractivity (Wildman–Crippen MR) is 79.7 cm³/mol. The number of aliphatic hydroxyl groups is 1. The van der Waals surface area contributed by atoms with Crippen molar-refractivity contribution >= 4 is 11.7 Å². The van der Waals surface area contributed by atoms with Crippen LogP contribution in [0.4, 0.5) is 5.82 Å². The van der Waals surface area contributed by atoms with Crippen molar-refractivity contribution in [3.63, 3.8) is 0 Å². The third-order valence-corrected chi connectivity index (χ3v) is 3.39. The molecule has 0 saturated carbocycles. The lowest BCUT2D eigenvalue weighted by Crippen LogP contribution is -2.46. The van der Waals surface area contributed by atoms with Gasteiger partial charge < -0.3 is 19.6 Å². The van der Waals surface area contributed by atoms with Crippen LogP contribution in [0.3, 0.4) is 0 Å². The fourth-order valence-corrected chi connectivity index (χ4v) is 2.46. The molecular weight excluding hydrogens is 272 g/mol. The molecule has 1 amide bonds. The van der Waals surface area contributed by atoms with E-state index in [-0.39, 0.29) is 18.6 Å². The molecule has 21 heavy (non-hydrogen) atoms. The van der Waals surface area contributed by atoms with E-state index >= 15 is 0 Å². The zero-order valence-electron chi connectivity index (χ0n) is 13.2. The van der Waals surface area contributed by atoms with Crippen LogP contribution < -0.4 is 9.64 Å². The van der Waals surface area contributed by atoms with Gasteiger partial charge in [0.15, 0.2) is 11.5 Å². The van der Waals surface area contributed by atoms with Gasteiger partial charge in [-0.25, -0.2) is 0 Å². The van der Waals surface area contributed by atoms with Crippen LogP contribution in [0.5, 0.6) is 6.01 Å². The summed E-state index contributed by atoms with van der Waals surface area (Å²) in [5, 5.41) is 8.96. The summed E-state index contributed by atoms with van der Waals surface area (Å²) in [6, 6.07) is 0.488. The molecule has 0 fully saturated rings. The Morgan fingerprint density at radius 2 is 2.14 bits per heavy atom. The van der Waals surface area contributed by atoms with Gasteiger partial charge in [-0.05, 0) is 27.2 Å². The van der Waals surface area contributed by atoms with Gasteiger partial charge in [0.1, 0.15) is 0 Å². The summed E-state index contributed by atoms with van der Waals surface area (Å²) >= 11 is 0. The van der Waals surface area contributed by atoms with Gasteiger partial charge in [0.25, 0.3) is 11.9 Å². The Balaban J connectivity index is 2.37. The van der Waals surface area contributed by atoms with E-state index in [1.165, 1.54) is 0 Å². The molecule has 0 unspecified atom stereocenters. The number of anilines is 1. The van der Waals surface area contributed by atoms with Gasteiger partial charge >= 0.3 is 0 Å². The van der Waals surface area contributed by atoms with Crippen molar-refractivity contribution in [2.45, 2.75) is 39.8 Å². The molecule has 0 saturated heterocycles. The van der Waals surface area contributed by atoms with E-state index in [2.05, 4.69) is 4.98 Å². The SMILES string of the molecule is CCn1c(OC(C)C)nc2c1C(=O)N(CCCO)CN2C. The van der Waals surface area contributed by atoms with Crippen LogP contribution in [0.25, 0.3) is 0 Å². The van der Waals surface area contributed by atoms with Gasteiger partial charge in [-0.3, -0.25) is 9.36 Å². The van der Waals surface area contributed by atoms with Crippen LogP contribution in [0, 0.1) is 0 Å². The minimum atomic E-state index is -0.0514. The van der Waals surface area contributed by atoms with Gasteiger partial charge in [0.05, 0.1) is 12.8 Å². The maximum Gasteiger partial charge on any atom is 0.299 e. The first-order valence-corrected chi connectivity index (χ1v) is 7.38. The third-order valence-electron chi connectivity index (χ3n) is 3.39. The number of aromatic nitrogens is 2.